The topological polar surface area (TPSA) is 58.6 Å². The van der Waals surface area contributed by atoms with Crippen LogP contribution in [0.15, 0.2) is 66.7 Å². The van der Waals surface area contributed by atoms with Crippen molar-refractivity contribution in [2.45, 2.75) is 51.6 Å². The first-order chi connectivity index (χ1) is 17.3. The molecule has 1 fully saturated rings. The highest BCUT2D eigenvalue weighted by atomic mass is 32.2. The third-order valence-electron chi connectivity index (χ3n) is 6.68. The van der Waals surface area contributed by atoms with Gasteiger partial charge in [0, 0.05) is 12.1 Å². The van der Waals surface area contributed by atoms with E-state index in [2.05, 4.69) is 25.2 Å². The van der Waals surface area contributed by atoms with Crippen molar-refractivity contribution in [2.24, 2.45) is 0 Å². The number of carbonyl (C=O) groups excluding carboxylic acids is 2. The molecular formula is C30H34N2O3S. The van der Waals surface area contributed by atoms with Crippen molar-refractivity contribution < 1.29 is 14.3 Å². The van der Waals surface area contributed by atoms with Crippen molar-refractivity contribution in [1.82, 2.24) is 10.2 Å². The minimum atomic E-state index is -0.148. The van der Waals surface area contributed by atoms with E-state index in [1.165, 1.54) is 0 Å². The normalized spacial score (nSPS) is 16.3. The zero-order chi connectivity index (χ0) is 25.8. The van der Waals surface area contributed by atoms with Crippen molar-refractivity contribution in [1.29, 1.82) is 0 Å². The molecular weight excluding hydrogens is 468 g/mol. The van der Waals surface area contributed by atoms with E-state index in [4.69, 9.17) is 4.74 Å². The smallest absolute Gasteiger partial charge is 0.251 e. The Labute approximate surface area is 218 Å². The maximum absolute atomic E-state index is 13.1. The molecule has 36 heavy (non-hydrogen) atoms. The first-order valence-corrected chi connectivity index (χ1v) is 13.4. The lowest BCUT2D eigenvalue weighted by Gasteiger charge is -2.24. The van der Waals surface area contributed by atoms with E-state index in [-0.39, 0.29) is 23.2 Å². The Bertz CT molecular complexity index is 1220. The molecule has 0 radical (unpaired) electrons. The predicted octanol–water partition coefficient (Wildman–Crippen LogP) is 6.39. The van der Waals surface area contributed by atoms with Crippen LogP contribution in [0.3, 0.4) is 0 Å². The van der Waals surface area contributed by atoms with Crippen LogP contribution in [0.2, 0.25) is 0 Å². The molecule has 1 N–H and O–H groups in total. The molecule has 1 heterocycles. The fourth-order valence-corrected chi connectivity index (χ4v) is 5.84. The van der Waals surface area contributed by atoms with Gasteiger partial charge in [0.15, 0.2) is 0 Å². The molecule has 0 aliphatic carbocycles. The first-order valence-electron chi connectivity index (χ1n) is 12.3. The Hall–Kier alpha value is -3.25. The number of ether oxygens (including phenoxy) is 1. The van der Waals surface area contributed by atoms with E-state index in [1.54, 1.807) is 18.9 Å². The Morgan fingerprint density at radius 2 is 1.75 bits per heavy atom. The monoisotopic (exact) mass is 502 g/mol. The molecule has 3 aromatic rings. The second-order valence-electron chi connectivity index (χ2n) is 9.59. The molecule has 0 spiro atoms. The van der Waals surface area contributed by atoms with Crippen molar-refractivity contribution >= 4 is 23.6 Å². The number of nitrogens with zero attached hydrogens (tertiary/aromatic N) is 1. The zero-order valence-electron chi connectivity index (χ0n) is 21.6. The molecule has 0 saturated carbocycles. The maximum atomic E-state index is 13.1. The summed E-state index contributed by atoms with van der Waals surface area (Å²) in [5.74, 6) is 1.69. The van der Waals surface area contributed by atoms with Crippen LogP contribution in [0.25, 0.3) is 0 Å². The van der Waals surface area contributed by atoms with Crippen LogP contribution in [-0.2, 0) is 11.3 Å². The zero-order valence-corrected chi connectivity index (χ0v) is 22.4. The van der Waals surface area contributed by atoms with Crippen molar-refractivity contribution in [3.05, 3.63) is 100 Å². The van der Waals surface area contributed by atoms with Crippen LogP contribution in [-0.4, -0.2) is 29.6 Å². The molecule has 0 unspecified atom stereocenters. The van der Waals surface area contributed by atoms with Gasteiger partial charge >= 0.3 is 0 Å². The molecule has 2 atom stereocenters. The van der Waals surface area contributed by atoms with E-state index in [1.807, 2.05) is 79.4 Å². The van der Waals surface area contributed by atoms with Crippen LogP contribution in [0.5, 0.6) is 5.75 Å². The SMILES string of the molecule is COc1cc(C)c([C@H](C)NC(=O)c2ccc([C@H]3SCC(=O)N3Cc3ccccc3)cc2)cc1C(C)C. The molecule has 2 amide bonds. The molecule has 0 aromatic heterocycles. The Kier molecular flexibility index (Phi) is 8.04. The lowest BCUT2D eigenvalue weighted by atomic mass is 9.93. The number of methoxy groups -OCH3 is 1. The van der Waals surface area contributed by atoms with Gasteiger partial charge in [0.25, 0.3) is 5.91 Å². The summed E-state index contributed by atoms with van der Waals surface area (Å²) in [6.07, 6.45) is 0. The Balaban J connectivity index is 1.47. The number of hydrogen-bond donors (Lipinski definition) is 1. The van der Waals surface area contributed by atoms with E-state index in [0.29, 0.717) is 23.8 Å². The fraction of sp³-hybridized carbons (Fsp3) is 0.333. The lowest BCUT2D eigenvalue weighted by molar-refractivity contribution is -0.128. The minimum Gasteiger partial charge on any atom is -0.496 e. The highest BCUT2D eigenvalue weighted by Crippen LogP contribution is 2.39. The summed E-state index contributed by atoms with van der Waals surface area (Å²) in [4.78, 5) is 27.5. The summed E-state index contributed by atoms with van der Waals surface area (Å²) in [5, 5.41) is 3.09. The molecule has 1 saturated heterocycles. The van der Waals surface area contributed by atoms with Gasteiger partial charge in [-0.1, -0.05) is 56.3 Å². The molecule has 188 valence electrons. The first kappa shape index (κ1) is 25.8. The molecule has 3 aromatic carbocycles. The molecule has 6 heteroatoms. The molecule has 4 rings (SSSR count). The average Bonchev–Trinajstić information content (AvgIpc) is 3.23. The number of thioether (sulfide) groups is 1. The minimum absolute atomic E-state index is 0.0508. The van der Waals surface area contributed by atoms with Gasteiger partial charge in [0.2, 0.25) is 5.91 Å². The average molecular weight is 503 g/mol. The number of carbonyl (C=O) groups is 2. The van der Waals surface area contributed by atoms with E-state index < -0.39 is 0 Å². The van der Waals surface area contributed by atoms with Gasteiger partial charge in [-0.15, -0.1) is 11.8 Å². The number of nitrogens with one attached hydrogen (secondary N) is 1. The Morgan fingerprint density at radius 3 is 2.39 bits per heavy atom. The van der Waals surface area contributed by atoms with E-state index in [9.17, 15) is 9.59 Å². The van der Waals surface area contributed by atoms with Crippen molar-refractivity contribution in [3.8, 4) is 5.75 Å². The Morgan fingerprint density at radius 1 is 1.06 bits per heavy atom. The summed E-state index contributed by atoms with van der Waals surface area (Å²) in [5.41, 5.74) is 6.04. The van der Waals surface area contributed by atoms with Gasteiger partial charge in [-0.05, 0) is 71.8 Å². The summed E-state index contributed by atoms with van der Waals surface area (Å²) < 4.78 is 5.56. The third kappa shape index (κ3) is 5.59. The second kappa shape index (κ2) is 11.2. The molecule has 1 aliphatic rings. The van der Waals surface area contributed by atoms with Crippen LogP contribution >= 0.6 is 11.8 Å². The standard InChI is InChI=1S/C30H34N2O3S/c1-19(2)25-16-26(20(3)15-27(25)35-5)21(4)31-29(34)23-11-13-24(14-12-23)30-32(28(33)18-36-30)17-22-9-7-6-8-10-22/h6-16,19,21,30H,17-18H2,1-5H3,(H,31,34)/t21-,30+/m0/s1. The van der Waals surface area contributed by atoms with Crippen LogP contribution in [0.4, 0.5) is 0 Å². The summed E-state index contributed by atoms with van der Waals surface area (Å²) >= 11 is 1.63. The number of aryl methyl sites for hydroxylation is 1. The van der Waals surface area contributed by atoms with E-state index in [0.717, 1.165) is 33.6 Å². The largest absolute Gasteiger partial charge is 0.496 e. The van der Waals surface area contributed by atoms with Gasteiger partial charge < -0.3 is 15.0 Å². The van der Waals surface area contributed by atoms with Crippen molar-refractivity contribution in [3.63, 3.8) is 0 Å². The third-order valence-corrected chi connectivity index (χ3v) is 7.93. The van der Waals surface area contributed by atoms with Gasteiger partial charge in [-0.2, -0.15) is 0 Å². The highest BCUT2D eigenvalue weighted by molar-refractivity contribution is 8.00. The highest BCUT2D eigenvalue weighted by Gasteiger charge is 2.32. The van der Waals surface area contributed by atoms with Gasteiger partial charge in [0.05, 0.1) is 18.9 Å². The lowest BCUT2D eigenvalue weighted by Crippen LogP contribution is -2.28. The van der Waals surface area contributed by atoms with Gasteiger partial charge in [-0.3, -0.25) is 9.59 Å². The summed E-state index contributed by atoms with van der Waals surface area (Å²) in [6.45, 7) is 8.91. The number of benzene rings is 3. The van der Waals surface area contributed by atoms with Crippen LogP contribution < -0.4 is 10.1 Å². The molecule has 5 nitrogen and oxygen atoms in total. The molecule has 1 aliphatic heterocycles. The quantitative estimate of drug-likeness (QED) is 0.388. The van der Waals surface area contributed by atoms with Gasteiger partial charge in [-0.25, -0.2) is 0 Å². The number of amides is 2. The van der Waals surface area contributed by atoms with E-state index >= 15 is 0 Å². The van der Waals surface area contributed by atoms with Crippen LogP contribution in [0, 0.1) is 6.92 Å². The number of rotatable bonds is 8. The van der Waals surface area contributed by atoms with Gasteiger partial charge in [0.1, 0.15) is 11.1 Å². The maximum Gasteiger partial charge on any atom is 0.251 e. The van der Waals surface area contributed by atoms with Crippen molar-refractivity contribution in [2.75, 3.05) is 12.9 Å². The second-order valence-corrected chi connectivity index (χ2v) is 10.7. The molecule has 0 bridgehead atoms. The predicted molar refractivity (Wildman–Crippen MR) is 146 cm³/mol. The number of hydrogen-bond acceptors (Lipinski definition) is 4. The summed E-state index contributed by atoms with van der Waals surface area (Å²) in [6, 6.07) is 21.7. The summed E-state index contributed by atoms with van der Waals surface area (Å²) in [7, 11) is 1.69. The van der Waals surface area contributed by atoms with Crippen LogP contribution in [0.1, 0.15) is 76.3 Å². The fourth-order valence-electron chi connectivity index (χ4n) is 4.65.